The highest BCUT2D eigenvalue weighted by molar-refractivity contribution is 7.11. The number of amides is 2. The lowest BCUT2D eigenvalue weighted by atomic mass is 9.92. The van der Waals surface area contributed by atoms with E-state index >= 15 is 0 Å². The lowest BCUT2D eigenvalue weighted by Crippen LogP contribution is -2.65. The third kappa shape index (κ3) is 2.46. The first kappa shape index (κ1) is 14.5. The molecule has 2 amide bonds. The Labute approximate surface area is 128 Å². The molecule has 1 aromatic rings. The normalized spacial score (nSPS) is 22.7. The molecule has 1 aromatic heterocycles. The molecule has 1 aliphatic heterocycles. The monoisotopic (exact) mass is 307 g/mol. The second-order valence-electron chi connectivity index (χ2n) is 5.96. The van der Waals surface area contributed by atoms with E-state index in [1.807, 2.05) is 13.1 Å². The number of hydrogen-bond donors (Lipinski definition) is 1. The molecule has 114 valence electrons. The minimum atomic E-state index is -0.644. The van der Waals surface area contributed by atoms with Crippen molar-refractivity contribution in [3.63, 3.8) is 0 Å². The summed E-state index contributed by atoms with van der Waals surface area (Å²) in [7, 11) is 0. The molecule has 1 N–H and O–H groups in total. The first-order valence-corrected chi connectivity index (χ1v) is 8.44. The van der Waals surface area contributed by atoms with E-state index < -0.39 is 5.54 Å². The third-order valence-electron chi connectivity index (χ3n) is 4.56. The molecule has 2 aliphatic rings. The number of carbonyl (C=O) groups excluding carboxylic acids is 2. The summed E-state index contributed by atoms with van der Waals surface area (Å²) in [5, 5.41) is 3.87. The van der Waals surface area contributed by atoms with Crippen molar-refractivity contribution < 1.29 is 9.59 Å². The molecule has 5 nitrogen and oxygen atoms in total. The average molecular weight is 307 g/mol. The molecule has 3 rings (SSSR count). The molecule has 6 heteroatoms. The fourth-order valence-corrected chi connectivity index (χ4v) is 4.23. The zero-order valence-electron chi connectivity index (χ0n) is 12.5. The molecule has 1 aliphatic carbocycles. The molecule has 1 unspecified atom stereocenters. The van der Waals surface area contributed by atoms with Gasteiger partial charge in [-0.2, -0.15) is 0 Å². The van der Waals surface area contributed by atoms with Gasteiger partial charge in [0.1, 0.15) is 17.1 Å². The van der Waals surface area contributed by atoms with E-state index in [0.29, 0.717) is 0 Å². The highest BCUT2D eigenvalue weighted by Gasteiger charge is 2.49. The van der Waals surface area contributed by atoms with Crippen molar-refractivity contribution in [2.24, 2.45) is 0 Å². The summed E-state index contributed by atoms with van der Waals surface area (Å²) < 4.78 is 0. The molecule has 1 saturated carbocycles. The summed E-state index contributed by atoms with van der Waals surface area (Å²) in [5.74, 6) is 0.0240. The standard InChI is InChI=1S/C15H21N3O2S/c1-3-11-8-16-13(21-11)10(2)18-9-12(19)17-15(14(18)20)6-4-5-7-15/h8,10H,3-7,9H2,1-2H3,(H,17,19). The summed E-state index contributed by atoms with van der Waals surface area (Å²) in [6.07, 6.45) is 6.35. The maximum absolute atomic E-state index is 12.9. The van der Waals surface area contributed by atoms with Crippen LogP contribution in [-0.4, -0.2) is 33.8 Å². The Bertz CT molecular complexity index is 563. The fraction of sp³-hybridized carbons (Fsp3) is 0.667. The maximum Gasteiger partial charge on any atom is 0.249 e. The van der Waals surface area contributed by atoms with Gasteiger partial charge in [-0.15, -0.1) is 11.3 Å². The third-order valence-corrected chi connectivity index (χ3v) is 5.88. The number of rotatable bonds is 3. The summed E-state index contributed by atoms with van der Waals surface area (Å²) in [4.78, 5) is 32.3. The second kappa shape index (κ2) is 5.40. The molecule has 1 saturated heterocycles. The Kier molecular flexibility index (Phi) is 3.73. The highest BCUT2D eigenvalue weighted by atomic mass is 32.1. The van der Waals surface area contributed by atoms with Crippen LogP contribution in [0.5, 0.6) is 0 Å². The average Bonchev–Trinajstić information content (AvgIpc) is 3.12. The van der Waals surface area contributed by atoms with Crippen molar-refractivity contribution >= 4 is 23.2 Å². The van der Waals surface area contributed by atoms with Crippen LogP contribution in [0.2, 0.25) is 0 Å². The van der Waals surface area contributed by atoms with Crippen LogP contribution in [0.3, 0.4) is 0 Å². The minimum Gasteiger partial charge on any atom is -0.340 e. The Morgan fingerprint density at radius 3 is 2.76 bits per heavy atom. The van der Waals surface area contributed by atoms with Gasteiger partial charge in [0.15, 0.2) is 0 Å². The van der Waals surface area contributed by atoms with Crippen LogP contribution in [0.25, 0.3) is 0 Å². The number of aromatic nitrogens is 1. The number of nitrogens with zero attached hydrogens (tertiary/aromatic N) is 2. The fourth-order valence-electron chi connectivity index (χ4n) is 3.30. The van der Waals surface area contributed by atoms with Crippen LogP contribution in [0.1, 0.15) is 55.5 Å². The van der Waals surface area contributed by atoms with Crippen LogP contribution < -0.4 is 5.32 Å². The van der Waals surface area contributed by atoms with Gasteiger partial charge >= 0.3 is 0 Å². The smallest absolute Gasteiger partial charge is 0.249 e. The van der Waals surface area contributed by atoms with E-state index in [0.717, 1.165) is 37.1 Å². The quantitative estimate of drug-likeness (QED) is 0.929. The van der Waals surface area contributed by atoms with Crippen molar-refractivity contribution in [3.8, 4) is 0 Å². The second-order valence-corrected chi connectivity index (χ2v) is 7.11. The van der Waals surface area contributed by atoms with Gasteiger partial charge in [0.25, 0.3) is 0 Å². The predicted molar refractivity (Wildman–Crippen MR) is 81.0 cm³/mol. The number of aryl methyl sites for hydroxylation is 1. The molecular weight excluding hydrogens is 286 g/mol. The molecule has 2 fully saturated rings. The summed E-state index contributed by atoms with van der Waals surface area (Å²) in [5.41, 5.74) is -0.644. The molecule has 0 aromatic carbocycles. The lowest BCUT2D eigenvalue weighted by molar-refractivity contribution is -0.152. The van der Waals surface area contributed by atoms with E-state index in [1.54, 1.807) is 16.2 Å². The maximum atomic E-state index is 12.9. The molecule has 1 spiro atoms. The Morgan fingerprint density at radius 2 is 2.14 bits per heavy atom. The van der Waals surface area contributed by atoms with Gasteiger partial charge in [0, 0.05) is 11.1 Å². The number of piperazine rings is 1. The largest absolute Gasteiger partial charge is 0.340 e. The van der Waals surface area contributed by atoms with Crippen LogP contribution in [0, 0.1) is 0 Å². The Hall–Kier alpha value is -1.43. The van der Waals surface area contributed by atoms with E-state index in [4.69, 9.17) is 0 Å². The van der Waals surface area contributed by atoms with Gasteiger partial charge in [-0.25, -0.2) is 4.98 Å². The van der Waals surface area contributed by atoms with Crippen molar-refractivity contribution in [3.05, 3.63) is 16.1 Å². The van der Waals surface area contributed by atoms with Crippen LogP contribution in [0.4, 0.5) is 0 Å². The van der Waals surface area contributed by atoms with Crippen molar-refractivity contribution in [1.82, 2.24) is 15.2 Å². The highest BCUT2D eigenvalue weighted by Crippen LogP contribution is 2.36. The molecule has 1 atom stereocenters. The first-order chi connectivity index (χ1) is 10.1. The number of nitrogens with one attached hydrogen (secondary N) is 1. The lowest BCUT2D eigenvalue weighted by Gasteiger charge is -2.41. The van der Waals surface area contributed by atoms with Gasteiger partial charge in [0.2, 0.25) is 11.8 Å². The minimum absolute atomic E-state index is 0.0457. The summed E-state index contributed by atoms with van der Waals surface area (Å²) in [6, 6.07) is -0.133. The van der Waals surface area contributed by atoms with Crippen molar-refractivity contribution in [2.45, 2.75) is 57.5 Å². The Morgan fingerprint density at radius 1 is 1.43 bits per heavy atom. The zero-order chi connectivity index (χ0) is 15.0. The van der Waals surface area contributed by atoms with E-state index in [1.165, 1.54) is 4.88 Å². The SMILES string of the molecule is CCc1cnc(C(C)N2CC(=O)NC3(CCCC3)C2=O)s1. The molecule has 21 heavy (non-hydrogen) atoms. The van der Waals surface area contributed by atoms with E-state index in [-0.39, 0.29) is 24.4 Å². The number of thiazole rings is 1. The number of carbonyl (C=O) groups is 2. The van der Waals surface area contributed by atoms with Crippen LogP contribution >= 0.6 is 11.3 Å². The van der Waals surface area contributed by atoms with Gasteiger partial charge in [-0.05, 0) is 26.2 Å². The summed E-state index contributed by atoms with van der Waals surface area (Å²) >= 11 is 1.63. The molecular formula is C15H21N3O2S. The van der Waals surface area contributed by atoms with Gasteiger partial charge in [0.05, 0.1) is 6.04 Å². The van der Waals surface area contributed by atoms with E-state index in [9.17, 15) is 9.59 Å². The Balaban J connectivity index is 1.86. The van der Waals surface area contributed by atoms with Gasteiger partial charge in [-0.3, -0.25) is 9.59 Å². The predicted octanol–water partition coefficient (Wildman–Crippen LogP) is 2.04. The topological polar surface area (TPSA) is 62.3 Å². The zero-order valence-corrected chi connectivity index (χ0v) is 13.3. The number of hydrogen-bond acceptors (Lipinski definition) is 4. The van der Waals surface area contributed by atoms with Crippen LogP contribution in [0.15, 0.2) is 6.20 Å². The first-order valence-electron chi connectivity index (χ1n) is 7.62. The van der Waals surface area contributed by atoms with Gasteiger partial charge < -0.3 is 10.2 Å². The molecule has 2 heterocycles. The molecule has 0 radical (unpaired) electrons. The van der Waals surface area contributed by atoms with E-state index in [2.05, 4.69) is 17.2 Å². The van der Waals surface area contributed by atoms with Crippen molar-refractivity contribution in [2.75, 3.05) is 6.54 Å². The van der Waals surface area contributed by atoms with Gasteiger partial charge in [-0.1, -0.05) is 19.8 Å². The van der Waals surface area contributed by atoms with Crippen molar-refractivity contribution in [1.29, 1.82) is 0 Å². The summed E-state index contributed by atoms with van der Waals surface area (Å²) in [6.45, 7) is 4.20. The van der Waals surface area contributed by atoms with Crippen LogP contribution in [-0.2, 0) is 16.0 Å². The molecule has 0 bridgehead atoms.